The number of hydrogen-bond donors (Lipinski definition) is 2. The van der Waals surface area contributed by atoms with Gasteiger partial charge in [-0.2, -0.15) is 0 Å². The minimum absolute atomic E-state index is 0. The second-order valence-corrected chi connectivity index (χ2v) is 4.31. The third-order valence-corrected chi connectivity index (χ3v) is 2.92. The minimum Gasteiger partial charge on any atom is -0.379 e. The highest BCUT2D eigenvalue weighted by atomic mass is 35.5. The largest absolute Gasteiger partial charge is 0.379 e. The molecule has 1 rings (SSSR count). The molecule has 1 heterocycles. The van der Waals surface area contributed by atoms with Crippen molar-refractivity contribution in [3.63, 3.8) is 0 Å². The zero-order chi connectivity index (χ0) is 12.5. The molecule has 0 saturated carbocycles. The first-order valence-electron chi connectivity index (χ1n) is 6.42. The second-order valence-electron chi connectivity index (χ2n) is 4.31. The Labute approximate surface area is 115 Å². The fourth-order valence-electron chi connectivity index (χ4n) is 1.92. The van der Waals surface area contributed by atoms with E-state index < -0.39 is 0 Å². The van der Waals surface area contributed by atoms with Gasteiger partial charge in [0.15, 0.2) is 0 Å². The Morgan fingerprint density at radius 3 is 2.78 bits per heavy atom. The second kappa shape index (κ2) is 10.6. The Morgan fingerprint density at radius 2 is 2.11 bits per heavy atom. The number of carbonyl (C=O) groups is 1. The van der Waals surface area contributed by atoms with Crippen LogP contribution in [0.2, 0.25) is 0 Å². The average Bonchev–Trinajstić information content (AvgIpc) is 2.32. The van der Waals surface area contributed by atoms with Gasteiger partial charge in [-0.25, -0.2) is 0 Å². The van der Waals surface area contributed by atoms with Gasteiger partial charge >= 0.3 is 0 Å². The SMILES string of the molecule is CCOCCOCC(=O)NC1CCCNC1C.Cl. The summed E-state index contributed by atoms with van der Waals surface area (Å²) in [5.74, 6) is -0.0398. The number of hydrogen-bond acceptors (Lipinski definition) is 4. The van der Waals surface area contributed by atoms with Crippen LogP contribution in [0.1, 0.15) is 26.7 Å². The van der Waals surface area contributed by atoms with E-state index >= 15 is 0 Å². The fourth-order valence-corrected chi connectivity index (χ4v) is 1.92. The van der Waals surface area contributed by atoms with Gasteiger partial charge in [-0.1, -0.05) is 0 Å². The highest BCUT2D eigenvalue weighted by Gasteiger charge is 2.21. The lowest BCUT2D eigenvalue weighted by Gasteiger charge is -2.30. The number of piperidine rings is 1. The zero-order valence-corrected chi connectivity index (χ0v) is 12.1. The van der Waals surface area contributed by atoms with Crippen LogP contribution in [-0.4, -0.2) is 51.0 Å². The monoisotopic (exact) mass is 280 g/mol. The number of rotatable bonds is 7. The highest BCUT2D eigenvalue weighted by Crippen LogP contribution is 2.07. The molecule has 18 heavy (non-hydrogen) atoms. The predicted molar refractivity (Wildman–Crippen MR) is 73.2 cm³/mol. The summed E-state index contributed by atoms with van der Waals surface area (Å²) in [4.78, 5) is 11.6. The van der Waals surface area contributed by atoms with Gasteiger partial charge in [0.2, 0.25) is 5.91 Å². The molecule has 0 spiro atoms. The molecule has 0 radical (unpaired) electrons. The third kappa shape index (κ3) is 7.16. The standard InChI is InChI=1S/C12H24N2O3.ClH/c1-3-16-7-8-17-9-12(15)14-11-5-4-6-13-10(11)2;/h10-11,13H,3-9H2,1-2H3,(H,14,15);1H. The summed E-state index contributed by atoms with van der Waals surface area (Å²) in [5, 5.41) is 6.34. The van der Waals surface area contributed by atoms with Crippen LogP contribution in [0.15, 0.2) is 0 Å². The van der Waals surface area contributed by atoms with E-state index in [0.29, 0.717) is 25.9 Å². The smallest absolute Gasteiger partial charge is 0.246 e. The van der Waals surface area contributed by atoms with Crippen LogP contribution >= 0.6 is 12.4 Å². The van der Waals surface area contributed by atoms with E-state index in [1.807, 2.05) is 6.92 Å². The molecule has 2 atom stereocenters. The molecular formula is C12H25ClN2O3. The first-order chi connectivity index (χ1) is 8.24. The molecule has 0 aromatic rings. The van der Waals surface area contributed by atoms with Gasteiger partial charge in [0.25, 0.3) is 0 Å². The van der Waals surface area contributed by atoms with Crippen LogP contribution in [0.4, 0.5) is 0 Å². The van der Waals surface area contributed by atoms with E-state index in [1.165, 1.54) is 0 Å². The maximum atomic E-state index is 11.6. The third-order valence-electron chi connectivity index (χ3n) is 2.92. The lowest BCUT2D eigenvalue weighted by Crippen LogP contribution is -2.52. The molecule has 1 fully saturated rings. The van der Waals surface area contributed by atoms with Gasteiger partial charge in [-0.15, -0.1) is 12.4 Å². The van der Waals surface area contributed by atoms with Crippen molar-refractivity contribution < 1.29 is 14.3 Å². The van der Waals surface area contributed by atoms with Crippen molar-refractivity contribution in [1.82, 2.24) is 10.6 Å². The lowest BCUT2D eigenvalue weighted by molar-refractivity contribution is -0.127. The van der Waals surface area contributed by atoms with Gasteiger partial charge in [0.1, 0.15) is 6.61 Å². The van der Waals surface area contributed by atoms with Crippen molar-refractivity contribution in [2.45, 2.75) is 38.8 Å². The molecule has 0 bridgehead atoms. The molecule has 1 saturated heterocycles. The van der Waals surface area contributed by atoms with Crippen molar-refractivity contribution >= 4 is 18.3 Å². The molecule has 0 aliphatic carbocycles. The maximum absolute atomic E-state index is 11.6. The van der Waals surface area contributed by atoms with E-state index in [1.54, 1.807) is 0 Å². The van der Waals surface area contributed by atoms with Gasteiger partial charge in [0, 0.05) is 18.7 Å². The van der Waals surface area contributed by atoms with Crippen molar-refractivity contribution in [2.24, 2.45) is 0 Å². The number of halogens is 1. The molecule has 1 aliphatic rings. The van der Waals surface area contributed by atoms with Gasteiger partial charge in [0.05, 0.1) is 13.2 Å². The highest BCUT2D eigenvalue weighted by molar-refractivity contribution is 5.85. The quantitative estimate of drug-likeness (QED) is 0.675. The Morgan fingerprint density at radius 1 is 1.39 bits per heavy atom. The zero-order valence-electron chi connectivity index (χ0n) is 11.2. The van der Waals surface area contributed by atoms with Crippen LogP contribution in [0, 0.1) is 0 Å². The number of ether oxygens (including phenoxy) is 2. The van der Waals surface area contributed by atoms with Crippen LogP contribution < -0.4 is 10.6 Å². The normalized spacial score (nSPS) is 23.2. The van der Waals surface area contributed by atoms with Gasteiger partial charge in [-0.05, 0) is 33.2 Å². The molecular weight excluding hydrogens is 256 g/mol. The Balaban J connectivity index is 0.00000289. The summed E-state index contributed by atoms with van der Waals surface area (Å²) >= 11 is 0. The first-order valence-corrected chi connectivity index (χ1v) is 6.42. The summed E-state index contributed by atoms with van der Waals surface area (Å²) in [6, 6.07) is 0.572. The molecule has 1 amide bonds. The molecule has 108 valence electrons. The van der Waals surface area contributed by atoms with E-state index in [2.05, 4.69) is 17.6 Å². The Hall–Kier alpha value is -0.360. The van der Waals surface area contributed by atoms with E-state index in [-0.39, 0.29) is 31.0 Å². The number of nitrogens with one attached hydrogen (secondary N) is 2. The molecule has 5 nitrogen and oxygen atoms in total. The van der Waals surface area contributed by atoms with Crippen LogP contribution in [0.25, 0.3) is 0 Å². The van der Waals surface area contributed by atoms with Crippen molar-refractivity contribution in [3.05, 3.63) is 0 Å². The predicted octanol–water partition coefficient (Wildman–Crippen LogP) is 0.718. The van der Waals surface area contributed by atoms with Gasteiger partial charge in [-0.3, -0.25) is 4.79 Å². The Kier molecular flexibility index (Phi) is 10.3. The van der Waals surface area contributed by atoms with E-state index in [4.69, 9.17) is 9.47 Å². The number of carbonyl (C=O) groups excluding carboxylic acids is 1. The summed E-state index contributed by atoms with van der Waals surface area (Å²) in [7, 11) is 0. The summed E-state index contributed by atoms with van der Waals surface area (Å²) in [6.45, 7) is 6.89. The van der Waals surface area contributed by atoms with Crippen LogP contribution in [0.5, 0.6) is 0 Å². The fraction of sp³-hybridized carbons (Fsp3) is 0.917. The topological polar surface area (TPSA) is 59.6 Å². The summed E-state index contributed by atoms with van der Waals surface area (Å²) in [5.41, 5.74) is 0. The van der Waals surface area contributed by atoms with Crippen molar-refractivity contribution in [3.8, 4) is 0 Å². The molecule has 1 aliphatic heterocycles. The number of amides is 1. The van der Waals surface area contributed by atoms with Crippen LogP contribution in [-0.2, 0) is 14.3 Å². The van der Waals surface area contributed by atoms with Crippen molar-refractivity contribution in [2.75, 3.05) is 33.0 Å². The molecule has 0 aromatic carbocycles. The molecule has 2 unspecified atom stereocenters. The van der Waals surface area contributed by atoms with E-state index in [0.717, 1.165) is 19.4 Å². The molecule has 2 N–H and O–H groups in total. The minimum atomic E-state index is -0.0398. The van der Waals surface area contributed by atoms with Crippen LogP contribution in [0.3, 0.4) is 0 Å². The van der Waals surface area contributed by atoms with E-state index in [9.17, 15) is 4.79 Å². The lowest BCUT2D eigenvalue weighted by atomic mass is 10.00. The molecule has 6 heteroatoms. The van der Waals surface area contributed by atoms with Gasteiger partial charge < -0.3 is 20.1 Å². The summed E-state index contributed by atoms with van der Waals surface area (Å²) < 4.78 is 10.3. The van der Waals surface area contributed by atoms with Crippen molar-refractivity contribution in [1.29, 1.82) is 0 Å². The first kappa shape index (κ1) is 17.6. The summed E-state index contributed by atoms with van der Waals surface area (Å²) in [6.07, 6.45) is 2.15. The average molecular weight is 281 g/mol. The Bertz CT molecular complexity index is 229. The molecule has 0 aromatic heterocycles. The maximum Gasteiger partial charge on any atom is 0.246 e.